The summed E-state index contributed by atoms with van der Waals surface area (Å²) in [5, 5.41) is 4.30. The second-order valence-corrected chi connectivity index (χ2v) is 9.24. The van der Waals surface area contributed by atoms with E-state index in [-0.39, 0.29) is 17.6 Å². The van der Waals surface area contributed by atoms with E-state index in [0.717, 1.165) is 36.8 Å². The van der Waals surface area contributed by atoms with E-state index in [1.807, 2.05) is 18.2 Å². The third-order valence-corrected chi connectivity index (χ3v) is 7.01. The molecule has 1 aliphatic carbocycles. The van der Waals surface area contributed by atoms with Crippen molar-refractivity contribution in [1.29, 1.82) is 0 Å². The van der Waals surface area contributed by atoms with Gasteiger partial charge < -0.3 is 19.2 Å². The maximum Gasteiger partial charge on any atom is 0.374 e. The molecule has 1 aromatic carbocycles. The number of ketones is 1. The molecule has 6 nitrogen and oxygen atoms in total. The molecule has 2 atom stereocenters. The molecule has 2 heterocycles. The van der Waals surface area contributed by atoms with Gasteiger partial charge in [-0.15, -0.1) is 0 Å². The predicted molar refractivity (Wildman–Crippen MR) is 123 cm³/mol. The van der Waals surface area contributed by atoms with Gasteiger partial charge in [0.15, 0.2) is 5.78 Å². The fourth-order valence-corrected chi connectivity index (χ4v) is 5.35. The predicted octanol–water partition coefficient (Wildman–Crippen LogP) is 4.69. The molecule has 1 saturated carbocycles. The molecule has 174 valence electrons. The fourth-order valence-electron chi connectivity index (χ4n) is 5.35. The SMILES string of the molecule is COCCCCOC(=O)c1cc2cc(CC(=O)[C@H]3NCC[C@H]3C3CCCCC3)ccc2o1. The summed E-state index contributed by atoms with van der Waals surface area (Å²) in [6.07, 6.45) is 9.59. The summed E-state index contributed by atoms with van der Waals surface area (Å²) in [7, 11) is 1.65. The topological polar surface area (TPSA) is 77.8 Å². The Bertz CT molecular complexity index is 914. The molecule has 1 N–H and O–H groups in total. The zero-order valence-corrected chi connectivity index (χ0v) is 19.1. The third-order valence-electron chi connectivity index (χ3n) is 7.01. The highest BCUT2D eigenvalue weighted by molar-refractivity contribution is 5.93. The molecule has 0 amide bonds. The molecule has 1 saturated heterocycles. The highest BCUT2D eigenvalue weighted by atomic mass is 16.5. The molecule has 0 radical (unpaired) electrons. The van der Waals surface area contributed by atoms with E-state index in [1.165, 1.54) is 32.1 Å². The Kier molecular flexibility index (Phi) is 7.98. The van der Waals surface area contributed by atoms with Crippen molar-refractivity contribution in [3.8, 4) is 0 Å². The lowest BCUT2D eigenvalue weighted by atomic mass is 9.75. The van der Waals surface area contributed by atoms with Crippen LogP contribution in [0.5, 0.6) is 0 Å². The number of ether oxygens (including phenoxy) is 2. The molecule has 4 rings (SSSR count). The van der Waals surface area contributed by atoms with Crippen LogP contribution in [0.3, 0.4) is 0 Å². The van der Waals surface area contributed by atoms with Gasteiger partial charge in [0.05, 0.1) is 12.6 Å². The Morgan fingerprint density at radius 3 is 2.69 bits per heavy atom. The van der Waals surface area contributed by atoms with Crippen molar-refractivity contribution in [3.05, 3.63) is 35.6 Å². The van der Waals surface area contributed by atoms with Gasteiger partial charge in [0.1, 0.15) is 5.58 Å². The Balaban J connectivity index is 1.36. The first-order chi connectivity index (χ1) is 15.7. The van der Waals surface area contributed by atoms with Crippen molar-refractivity contribution in [2.75, 3.05) is 26.9 Å². The van der Waals surface area contributed by atoms with Gasteiger partial charge in [0.25, 0.3) is 0 Å². The van der Waals surface area contributed by atoms with Gasteiger partial charge in [0.2, 0.25) is 5.76 Å². The summed E-state index contributed by atoms with van der Waals surface area (Å²) in [5.74, 6) is 1.18. The summed E-state index contributed by atoms with van der Waals surface area (Å²) >= 11 is 0. The average Bonchev–Trinajstić information content (AvgIpc) is 3.46. The zero-order chi connectivity index (χ0) is 22.3. The van der Waals surface area contributed by atoms with E-state index in [9.17, 15) is 9.59 Å². The van der Waals surface area contributed by atoms with Crippen molar-refractivity contribution in [2.24, 2.45) is 11.8 Å². The quantitative estimate of drug-likeness (QED) is 0.426. The number of methoxy groups -OCH3 is 1. The van der Waals surface area contributed by atoms with Crippen molar-refractivity contribution in [1.82, 2.24) is 5.32 Å². The number of benzene rings is 1. The fraction of sp³-hybridized carbons (Fsp3) is 0.615. The van der Waals surface area contributed by atoms with Crippen LogP contribution >= 0.6 is 0 Å². The van der Waals surface area contributed by atoms with Crippen LogP contribution in [-0.4, -0.2) is 44.7 Å². The Morgan fingerprint density at radius 2 is 1.88 bits per heavy atom. The van der Waals surface area contributed by atoms with E-state index >= 15 is 0 Å². The second kappa shape index (κ2) is 11.1. The lowest BCUT2D eigenvalue weighted by Crippen LogP contribution is -2.40. The maximum atomic E-state index is 13.1. The first-order valence-corrected chi connectivity index (χ1v) is 12.1. The van der Waals surface area contributed by atoms with Crippen LogP contribution in [0.2, 0.25) is 0 Å². The lowest BCUT2D eigenvalue weighted by Gasteiger charge is -2.30. The minimum atomic E-state index is -0.457. The van der Waals surface area contributed by atoms with Crippen molar-refractivity contribution >= 4 is 22.7 Å². The number of hydrogen-bond acceptors (Lipinski definition) is 6. The van der Waals surface area contributed by atoms with Crippen LogP contribution < -0.4 is 5.32 Å². The summed E-state index contributed by atoms with van der Waals surface area (Å²) in [4.78, 5) is 25.4. The Labute approximate surface area is 190 Å². The molecular weight excluding hydrogens is 406 g/mol. The van der Waals surface area contributed by atoms with Gasteiger partial charge >= 0.3 is 5.97 Å². The molecule has 2 fully saturated rings. The molecule has 0 spiro atoms. The van der Waals surface area contributed by atoms with E-state index < -0.39 is 5.97 Å². The van der Waals surface area contributed by atoms with Gasteiger partial charge in [-0.05, 0) is 61.4 Å². The number of fused-ring (bicyclic) bond motifs is 1. The first-order valence-electron chi connectivity index (χ1n) is 12.1. The molecular formula is C26H35NO5. The molecule has 32 heavy (non-hydrogen) atoms. The van der Waals surface area contributed by atoms with Crippen LogP contribution in [0.25, 0.3) is 11.0 Å². The normalized spacial score (nSPS) is 21.8. The zero-order valence-electron chi connectivity index (χ0n) is 19.1. The number of Topliss-reactive ketones (excluding diaryl/α,β-unsaturated/α-hetero) is 1. The molecule has 1 aromatic heterocycles. The average molecular weight is 442 g/mol. The van der Waals surface area contributed by atoms with Crippen LogP contribution in [0, 0.1) is 11.8 Å². The number of rotatable bonds is 10. The molecule has 0 bridgehead atoms. The second-order valence-electron chi connectivity index (χ2n) is 9.24. The highest BCUT2D eigenvalue weighted by Gasteiger charge is 2.37. The van der Waals surface area contributed by atoms with Gasteiger partial charge in [-0.1, -0.05) is 38.2 Å². The van der Waals surface area contributed by atoms with Crippen LogP contribution in [-0.2, 0) is 20.7 Å². The molecule has 2 aliphatic rings. The van der Waals surface area contributed by atoms with Gasteiger partial charge in [-0.25, -0.2) is 4.79 Å². The molecule has 0 unspecified atom stereocenters. The summed E-state index contributed by atoms with van der Waals surface area (Å²) < 4.78 is 15.9. The summed E-state index contributed by atoms with van der Waals surface area (Å²) in [5.41, 5.74) is 1.59. The third kappa shape index (κ3) is 5.59. The van der Waals surface area contributed by atoms with E-state index in [0.29, 0.717) is 37.1 Å². The molecule has 6 heteroatoms. The van der Waals surface area contributed by atoms with E-state index in [1.54, 1.807) is 13.2 Å². The Morgan fingerprint density at radius 1 is 1.06 bits per heavy atom. The van der Waals surface area contributed by atoms with Gasteiger partial charge in [-0.2, -0.15) is 0 Å². The first kappa shape index (κ1) is 23.0. The lowest BCUT2D eigenvalue weighted by molar-refractivity contribution is -0.121. The molecule has 1 aliphatic heterocycles. The minimum absolute atomic E-state index is 0.0261. The van der Waals surface area contributed by atoms with Crippen LogP contribution in [0.4, 0.5) is 0 Å². The molecule has 2 aromatic rings. The summed E-state index contributed by atoms with van der Waals surface area (Å²) in [6, 6.07) is 7.40. The standard InChI is InChI=1S/C26H35NO5/c1-30-13-5-6-14-31-26(29)24-17-20-15-18(9-10-23(20)32-24)16-22(28)25-21(11-12-27-25)19-7-3-2-4-8-19/h9-10,15,17,19,21,25,27H,2-8,11-14,16H2,1H3/t21-,25-/m0/s1. The van der Waals surface area contributed by atoms with Gasteiger partial charge in [-0.3, -0.25) is 4.79 Å². The number of carbonyl (C=O) groups excluding carboxylic acids is 2. The largest absolute Gasteiger partial charge is 0.460 e. The summed E-state index contributed by atoms with van der Waals surface area (Å²) in [6.45, 7) is 1.94. The minimum Gasteiger partial charge on any atom is -0.460 e. The van der Waals surface area contributed by atoms with Gasteiger partial charge in [0, 0.05) is 25.5 Å². The smallest absolute Gasteiger partial charge is 0.374 e. The van der Waals surface area contributed by atoms with E-state index in [2.05, 4.69) is 5.32 Å². The highest BCUT2D eigenvalue weighted by Crippen LogP contribution is 2.36. The number of furan rings is 1. The maximum absolute atomic E-state index is 13.1. The number of esters is 1. The van der Waals surface area contributed by atoms with Crippen molar-refractivity contribution in [2.45, 2.75) is 63.8 Å². The van der Waals surface area contributed by atoms with Crippen LogP contribution in [0.1, 0.15) is 67.5 Å². The Hall–Kier alpha value is -2.18. The number of hydrogen-bond donors (Lipinski definition) is 1. The van der Waals surface area contributed by atoms with Crippen molar-refractivity contribution in [3.63, 3.8) is 0 Å². The number of unbranched alkanes of at least 4 members (excludes halogenated alkanes) is 1. The van der Waals surface area contributed by atoms with Crippen LogP contribution in [0.15, 0.2) is 28.7 Å². The number of nitrogens with one attached hydrogen (secondary N) is 1. The van der Waals surface area contributed by atoms with Crippen molar-refractivity contribution < 1.29 is 23.5 Å². The monoisotopic (exact) mass is 441 g/mol. The number of carbonyl (C=O) groups is 2. The van der Waals surface area contributed by atoms with E-state index in [4.69, 9.17) is 13.9 Å².